The third-order valence-corrected chi connectivity index (χ3v) is 4.25. The maximum atomic E-state index is 12.5. The van der Waals surface area contributed by atoms with Crippen LogP contribution in [0.1, 0.15) is 38.0 Å². The van der Waals surface area contributed by atoms with E-state index in [1.54, 1.807) is 4.90 Å². The smallest absolute Gasteiger partial charge is 0.265 e. The lowest BCUT2D eigenvalue weighted by atomic mass is 10.0. The summed E-state index contributed by atoms with van der Waals surface area (Å²) in [7, 11) is 0. The number of carbonyl (C=O) groups excluding carboxylic acids is 2. The Morgan fingerprint density at radius 1 is 1.38 bits per heavy atom. The number of hydrogen-bond acceptors (Lipinski definition) is 5. The quantitative estimate of drug-likeness (QED) is 0.820. The number of benzene rings is 1. The van der Waals surface area contributed by atoms with Gasteiger partial charge in [0.25, 0.3) is 5.91 Å². The molecule has 2 aromatic rings. The predicted octanol–water partition coefficient (Wildman–Crippen LogP) is 1.74. The molecule has 3 rings (SSSR count). The second-order valence-electron chi connectivity index (χ2n) is 6.62. The fourth-order valence-electron chi connectivity index (χ4n) is 2.89. The van der Waals surface area contributed by atoms with E-state index in [9.17, 15) is 9.59 Å². The molecule has 0 saturated heterocycles. The molecular weight excluding hydrogens is 334 g/mol. The van der Waals surface area contributed by atoms with Gasteiger partial charge in [-0.25, -0.2) is 4.98 Å². The van der Waals surface area contributed by atoms with E-state index in [2.05, 4.69) is 20.5 Å². The van der Waals surface area contributed by atoms with E-state index in [4.69, 9.17) is 4.74 Å². The SMILES string of the molecule is Cc1nc(C(NC(=O)CCN2C(=O)COc3ccccc32)C(C)C)n[nH]1. The number of ether oxygens (including phenoxy) is 1. The van der Waals surface area contributed by atoms with Crippen molar-refractivity contribution < 1.29 is 14.3 Å². The van der Waals surface area contributed by atoms with Gasteiger partial charge in [0.1, 0.15) is 11.6 Å². The molecule has 0 bridgehead atoms. The molecule has 0 aliphatic carbocycles. The van der Waals surface area contributed by atoms with Crippen molar-refractivity contribution in [1.29, 1.82) is 0 Å². The molecule has 1 atom stereocenters. The summed E-state index contributed by atoms with van der Waals surface area (Å²) in [6, 6.07) is 7.05. The van der Waals surface area contributed by atoms with Crippen molar-refractivity contribution in [2.75, 3.05) is 18.1 Å². The molecular formula is C18H23N5O3. The van der Waals surface area contributed by atoms with Crippen LogP contribution in [-0.2, 0) is 9.59 Å². The van der Waals surface area contributed by atoms with E-state index < -0.39 is 0 Å². The van der Waals surface area contributed by atoms with Crippen LogP contribution in [0.2, 0.25) is 0 Å². The molecule has 1 aliphatic heterocycles. The van der Waals surface area contributed by atoms with Crippen LogP contribution in [0.5, 0.6) is 5.75 Å². The number of aryl methyl sites for hydroxylation is 1. The number of hydrogen-bond donors (Lipinski definition) is 2. The highest BCUT2D eigenvalue weighted by Gasteiger charge is 2.27. The third kappa shape index (κ3) is 3.84. The molecule has 1 aromatic heterocycles. The molecule has 138 valence electrons. The van der Waals surface area contributed by atoms with Crippen LogP contribution < -0.4 is 15.0 Å². The lowest BCUT2D eigenvalue weighted by Crippen LogP contribution is -2.41. The lowest BCUT2D eigenvalue weighted by molar-refractivity contribution is -0.122. The standard InChI is InChI=1S/C18H23N5O3/c1-11(2)17(18-19-12(3)21-22-18)20-15(24)8-9-23-13-6-4-5-7-14(13)26-10-16(23)25/h4-7,11,17H,8-10H2,1-3H3,(H,20,24)(H,19,21,22). The molecule has 0 saturated carbocycles. The summed E-state index contributed by atoms with van der Waals surface area (Å²) in [4.78, 5) is 30.5. The van der Waals surface area contributed by atoms with Gasteiger partial charge in [-0.3, -0.25) is 14.7 Å². The molecule has 2 N–H and O–H groups in total. The van der Waals surface area contributed by atoms with E-state index in [1.165, 1.54) is 0 Å². The minimum atomic E-state index is -0.278. The summed E-state index contributed by atoms with van der Waals surface area (Å²) in [5.74, 6) is 1.77. The second-order valence-corrected chi connectivity index (χ2v) is 6.62. The van der Waals surface area contributed by atoms with Crippen molar-refractivity contribution in [3.63, 3.8) is 0 Å². The zero-order valence-electron chi connectivity index (χ0n) is 15.2. The zero-order valence-corrected chi connectivity index (χ0v) is 15.2. The Hall–Kier alpha value is -2.90. The minimum absolute atomic E-state index is 0.0102. The van der Waals surface area contributed by atoms with E-state index in [-0.39, 0.29) is 36.8 Å². The number of fused-ring (bicyclic) bond motifs is 1. The van der Waals surface area contributed by atoms with Gasteiger partial charge in [0.15, 0.2) is 12.4 Å². The maximum Gasteiger partial charge on any atom is 0.265 e. The first kappa shape index (κ1) is 17.9. The number of carbonyl (C=O) groups is 2. The van der Waals surface area contributed by atoms with Gasteiger partial charge in [0.05, 0.1) is 11.7 Å². The Labute approximate surface area is 151 Å². The number of amides is 2. The van der Waals surface area contributed by atoms with Crippen molar-refractivity contribution in [1.82, 2.24) is 20.5 Å². The molecule has 8 nitrogen and oxygen atoms in total. The Bertz CT molecular complexity index is 802. The van der Waals surface area contributed by atoms with Crippen molar-refractivity contribution in [2.24, 2.45) is 5.92 Å². The van der Waals surface area contributed by atoms with Crippen molar-refractivity contribution in [2.45, 2.75) is 33.2 Å². The molecule has 2 heterocycles. The highest BCUT2D eigenvalue weighted by Crippen LogP contribution is 2.31. The van der Waals surface area contributed by atoms with Gasteiger partial charge in [-0.15, -0.1) is 0 Å². The van der Waals surface area contributed by atoms with Crippen molar-refractivity contribution >= 4 is 17.5 Å². The summed E-state index contributed by atoms with van der Waals surface area (Å²) in [6.45, 7) is 6.10. The van der Waals surface area contributed by atoms with Gasteiger partial charge in [-0.05, 0) is 25.0 Å². The van der Waals surface area contributed by atoms with Gasteiger partial charge < -0.3 is 15.0 Å². The predicted molar refractivity (Wildman–Crippen MR) is 95.7 cm³/mol. The number of aromatic amines is 1. The van der Waals surface area contributed by atoms with E-state index in [1.807, 2.05) is 45.0 Å². The molecule has 1 aliphatic rings. The topological polar surface area (TPSA) is 100 Å². The van der Waals surface area contributed by atoms with Crippen LogP contribution in [0, 0.1) is 12.8 Å². The first-order valence-corrected chi connectivity index (χ1v) is 8.66. The van der Waals surface area contributed by atoms with Gasteiger partial charge in [0, 0.05) is 13.0 Å². The van der Waals surface area contributed by atoms with Crippen LogP contribution in [0.3, 0.4) is 0 Å². The molecule has 2 amide bonds. The Morgan fingerprint density at radius 3 is 2.85 bits per heavy atom. The van der Waals surface area contributed by atoms with Crippen LogP contribution in [0.4, 0.5) is 5.69 Å². The van der Waals surface area contributed by atoms with E-state index >= 15 is 0 Å². The summed E-state index contributed by atoms with van der Waals surface area (Å²) in [6.07, 6.45) is 0.187. The average Bonchev–Trinajstić information content (AvgIpc) is 3.04. The molecule has 1 aromatic carbocycles. The molecule has 8 heteroatoms. The molecule has 0 radical (unpaired) electrons. The van der Waals surface area contributed by atoms with Crippen molar-refractivity contribution in [3.05, 3.63) is 35.9 Å². The second kappa shape index (κ2) is 7.55. The number of rotatable bonds is 6. The van der Waals surface area contributed by atoms with Crippen LogP contribution in [0.15, 0.2) is 24.3 Å². The van der Waals surface area contributed by atoms with E-state index in [0.29, 0.717) is 29.6 Å². The maximum absolute atomic E-state index is 12.5. The lowest BCUT2D eigenvalue weighted by Gasteiger charge is -2.29. The fraction of sp³-hybridized carbons (Fsp3) is 0.444. The first-order valence-electron chi connectivity index (χ1n) is 8.66. The normalized spacial score (nSPS) is 14.8. The van der Waals surface area contributed by atoms with Crippen LogP contribution in [0.25, 0.3) is 0 Å². The summed E-state index contributed by atoms with van der Waals surface area (Å²) < 4.78 is 5.42. The Kier molecular flexibility index (Phi) is 5.20. The largest absolute Gasteiger partial charge is 0.482 e. The van der Waals surface area contributed by atoms with Gasteiger partial charge >= 0.3 is 0 Å². The van der Waals surface area contributed by atoms with Gasteiger partial charge in [0.2, 0.25) is 5.91 Å². The third-order valence-electron chi connectivity index (χ3n) is 4.25. The number of aromatic nitrogens is 3. The highest BCUT2D eigenvalue weighted by molar-refractivity contribution is 5.98. The average molecular weight is 357 g/mol. The summed E-state index contributed by atoms with van der Waals surface area (Å²) >= 11 is 0. The number of anilines is 1. The fourth-order valence-corrected chi connectivity index (χ4v) is 2.89. The first-order chi connectivity index (χ1) is 12.5. The van der Waals surface area contributed by atoms with Crippen LogP contribution >= 0.6 is 0 Å². The summed E-state index contributed by atoms with van der Waals surface area (Å²) in [5.41, 5.74) is 0.696. The molecule has 1 unspecified atom stereocenters. The monoisotopic (exact) mass is 357 g/mol. The number of nitrogens with zero attached hydrogens (tertiary/aromatic N) is 3. The number of H-pyrrole nitrogens is 1. The molecule has 0 fully saturated rings. The molecule has 26 heavy (non-hydrogen) atoms. The summed E-state index contributed by atoms with van der Waals surface area (Å²) in [5, 5.41) is 9.92. The number of nitrogens with one attached hydrogen (secondary N) is 2. The number of para-hydroxylation sites is 2. The van der Waals surface area contributed by atoms with Gasteiger partial charge in [-0.1, -0.05) is 26.0 Å². The van der Waals surface area contributed by atoms with Gasteiger partial charge in [-0.2, -0.15) is 5.10 Å². The highest BCUT2D eigenvalue weighted by atomic mass is 16.5. The van der Waals surface area contributed by atoms with Crippen molar-refractivity contribution in [3.8, 4) is 5.75 Å². The van der Waals surface area contributed by atoms with E-state index in [0.717, 1.165) is 0 Å². The Morgan fingerprint density at radius 2 is 2.15 bits per heavy atom. The zero-order chi connectivity index (χ0) is 18.7. The van der Waals surface area contributed by atoms with Crippen LogP contribution in [-0.4, -0.2) is 40.1 Å². The molecule has 0 spiro atoms. The minimum Gasteiger partial charge on any atom is -0.482 e. The Balaban J connectivity index is 1.64.